The van der Waals surface area contributed by atoms with Gasteiger partial charge in [-0.15, -0.1) is 0 Å². The summed E-state index contributed by atoms with van der Waals surface area (Å²) in [6, 6.07) is 0. The monoisotopic (exact) mass is 727 g/mol. The van der Waals surface area contributed by atoms with Crippen LogP contribution < -0.4 is 0 Å². The van der Waals surface area contributed by atoms with Crippen molar-refractivity contribution in [2.75, 3.05) is 0 Å². The first kappa shape index (κ1) is 49.5. The van der Waals surface area contributed by atoms with E-state index in [-0.39, 0.29) is 0 Å². The van der Waals surface area contributed by atoms with Gasteiger partial charge in [-0.2, -0.15) is 0 Å². The molecule has 1 aliphatic rings. The molecule has 1 heterocycles. The Labute approximate surface area is 330 Å². The van der Waals surface area contributed by atoms with Crippen molar-refractivity contribution in [2.45, 2.75) is 302 Å². The summed E-state index contributed by atoms with van der Waals surface area (Å²) in [6.45, 7) is 4.60. The van der Waals surface area contributed by atoms with E-state index in [2.05, 4.69) is 38.2 Å². The lowest BCUT2D eigenvalue weighted by atomic mass is 10.0. The van der Waals surface area contributed by atoms with Gasteiger partial charge >= 0.3 is 0 Å². The molecule has 1 rings (SSSR count). The molecule has 0 aromatic carbocycles. The van der Waals surface area contributed by atoms with Crippen LogP contribution in [0.1, 0.15) is 290 Å². The van der Waals surface area contributed by atoms with Crippen molar-refractivity contribution in [3.8, 4) is 0 Å². The Morgan fingerprint density at radius 3 is 0.673 bits per heavy atom. The fourth-order valence-electron chi connectivity index (χ4n) is 8.17. The number of epoxide rings is 1. The number of rotatable bonds is 45. The lowest BCUT2D eigenvalue weighted by Gasteiger charge is -2.03. The quantitative estimate of drug-likeness (QED) is 0.0346. The molecule has 2 unspecified atom stereocenters. The van der Waals surface area contributed by atoms with Gasteiger partial charge in [0.1, 0.15) is 0 Å². The highest BCUT2D eigenvalue weighted by atomic mass is 16.6. The molecule has 0 saturated carbocycles. The van der Waals surface area contributed by atoms with Crippen LogP contribution in [0.4, 0.5) is 0 Å². The molecule has 2 atom stereocenters. The Hall–Kier alpha value is -0.560. The molecule has 0 amide bonds. The van der Waals surface area contributed by atoms with Crippen molar-refractivity contribution in [1.29, 1.82) is 0 Å². The molecule has 1 saturated heterocycles. The molecule has 1 heteroatoms. The van der Waals surface area contributed by atoms with E-state index in [1.165, 1.54) is 276 Å². The highest BCUT2D eigenvalue weighted by Gasteiger charge is 2.36. The van der Waals surface area contributed by atoms with Crippen LogP contribution in [0, 0.1) is 0 Å². The van der Waals surface area contributed by atoms with Gasteiger partial charge in [-0.3, -0.25) is 0 Å². The van der Waals surface area contributed by atoms with Crippen molar-refractivity contribution in [2.24, 2.45) is 0 Å². The highest BCUT2D eigenvalue weighted by Crippen LogP contribution is 2.32. The number of unbranched alkanes of at least 4 members (excludes halogenated alkanes) is 37. The molecular formula is C51H98O. The maximum absolute atomic E-state index is 6.01. The Bertz CT molecular complexity index is 708. The molecule has 0 N–H and O–H groups in total. The molecule has 0 aromatic heterocycles. The summed E-state index contributed by atoms with van der Waals surface area (Å²) in [6.07, 6.45) is 72.1. The fraction of sp³-hybridized carbons (Fsp3) is 0.922. The van der Waals surface area contributed by atoms with E-state index in [1.54, 1.807) is 0 Å². The lowest BCUT2D eigenvalue weighted by molar-refractivity contribution is 0.347. The minimum atomic E-state index is 0.623. The van der Waals surface area contributed by atoms with Gasteiger partial charge in [-0.05, 0) is 64.2 Å². The molecule has 0 aliphatic carbocycles. The molecule has 1 aliphatic heterocycles. The van der Waals surface area contributed by atoms with Crippen LogP contribution in [0.25, 0.3) is 0 Å². The smallest absolute Gasteiger partial charge is 0.0841 e. The van der Waals surface area contributed by atoms with E-state index >= 15 is 0 Å². The molecule has 52 heavy (non-hydrogen) atoms. The Morgan fingerprint density at radius 1 is 0.250 bits per heavy atom. The van der Waals surface area contributed by atoms with Gasteiger partial charge in [-0.1, -0.05) is 250 Å². The summed E-state index contributed by atoms with van der Waals surface area (Å²) in [4.78, 5) is 0. The zero-order chi connectivity index (χ0) is 37.1. The van der Waals surface area contributed by atoms with E-state index in [0.717, 1.165) is 0 Å². The van der Waals surface area contributed by atoms with Crippen molar-refractivity contribution < 1.29 is 4.74 Å². The first-order chi connectivity index (χ1) is 25.9. The molecule has 1 fully saturated rings. The molecular weight excluding hydrogens is 629 g/mol. The third kappa shape index (κ3) is 39.1. The minimum Gasteiger partial charge on any atom is -0.370 e. The first-order valence-electron chi connectivity index (χ1n) is 24.8. The second kappa shape index (κ2) is 43.2. The molecule has 0 aromatic rings. The SMILES string of the molecule is CCCCCCCC=CCCCCCCCCCCCCCCCCC1OC1CCCCCCCCCCCCCCC=CCCCCCCCC. The highest BCUT2D eigenvalue weighted by molar-refractivity contribution is 4.84. The molecule has 0 spiro atoms. The summed E-state index contributed by atoms with van der Waals surface area (Å²) in [5.41, 5.74) is 0. The average Bonchev–Trinajstić information content (AvgIpc) is 3.91. The van der Waals surface area contributed by atoms with Crippen LogP contribution in [-0.2, 0) is 4.74 Å². The van der Waals surface area contributed by atoms with Gasteiger partial charge in [0, 0.05) is 0 Å². The van der Waals surface area contributed by atoms with Gasteiger partial charge in [0.15, 0.2) is 0 Å². The van der Waals surface area contributed by atoms with Crippen LogP contribution in [-0.4, -0.2) is 12.2 Å². The average molecular weight is 727 g/mol. The van der Waals surface area contributed by atoms with Crippen LogP contribution in [0.15, 0.2) is 24.3 Å². The van der Waals surface area contributed by atoms with Crippen molar-refractivity contribution in [1.82, 2.24) is 0 Å². The summed E-state index contributed by atoms with van der Waals surface area (Å²) in [5.74, 6) is 0. The summed E-state index contributed by atoms with van der Waals surface area (Å²) < 4.78 is 6.01. The Morgan fingerprint density at radius 2 is 0.442 bits per heavy atom. The maximum atomic E-state index is 6.01. The van der Waals surface area contributed by atoms with Crippen molar-refractivity contribution in [3.05, 3.63) is 24.3 Å². The second-order valence-electron chi connectivity index (χ2n) is 17.3. The largest absolute Gasteiger partial charge is 0.370 e. The van der Waals surface area contributed by atoms with E-state index < -0.39 is 0 Å². The third-order valence-electron chi connectivity index (χ3n) is 11.9. The number of hydrogen-bond acceptors (Lipinski definition) is 1. The van der Waals surface area contributed by atoms with Gasteiger partial charge in [0.25, 0.3) is 0 Å². The van der Waals surface area contributed by atoms with Gasteiger partial charge in [-0.25, -0.2) is 0 Å². The van der Waals surface area contributed by atoms with E-state index in [1.807, 2.05) is 0 Å². The lowest BCUT2D eigenvalue weighted by Crippen LogP contribution is -1.95. The van der Waals surface area contributed by atoms with Crippen molar-refractivity contribution in [3.63, 3.8) is 0 Å². The predicted octanol–water partition coefficient (Wildman–Crippen LogP) is 18.7. The van der Waals surface area contributed by atoms with E-state index in [4.69, 9.17) is 4.74 Å². The number of allylic oxidation sites excluding steroid dienone is 4. The number of ether oxygens (including phenoxy) is 1. The minimum absolute atomic E-state index is 0.623. The standard InChI is InChI=1S/C51H98O/c1-3-5-7-9-11-13-15-17-19-21-23-25-27-29-31-33-35-37-39-41-43-45-47-49-51-50(52-51)48-46-44-42-40-38-36-34-32-30-28-26-24-22-20-18-16-14-12-10-8-6-4-2/h15,17-18,20,50-51H,3-14,16,19,21-49H2,1-2H3. The predicted molar refractivity (Wildman–Crippen MR) is 237 cm³/mol. The maximum Gasteiger partial charge on any atom is 0.0841 e. The fourth-order valence-corrected chi connectivity index (χ4v) is 8.17. The van der Waals surface area contributed by atoms with Gasteiger partial charge in [0.05, 0.1) is 12.2 Å². The van der Waals surface area contributed by atoms with Crippen LogP contribution in [0.3, 0.4) is 0 Å². The molecule has 308 valence electrons. The zero-order valence-electron chi connectivity index (χ0n) is 36.3. The summed E-state index contributed by atoms with van der Waals surface area (Å²) >= 11 is 0. The van der Waals surface area contributed by atoms with E-state index in [9.17, 15) is 0 Å². The summed E-state index contributed by atoms with van der Waals surface area (Å²) in [5, 5.41) is 0. The van der Waals surface area contributed by atoms with E-state index in [0.29, 0.717) is 12.2 Å². The van der Waals surface area contributed by atoms with Gasteiger partial charge < -0.3 is 4.74 Å². The topological polar surface area (TPSA) is 12.5 Å². The Balaban J connectivity index is 1.66. The Kier molecular flexibility index (Phi) is 41.1. The van der Waals surface area contributed by atoms with Gasteiger partial charge in [0.2, 0.25) is 0 Å². The van der Waals surface area contributed by atoms with Crippen LogP contribution in [0.2, 0.25) is 0 Å². The molecule has 1 nitrogen and oxygen atoms in total. The summed E-state index contributed by atoms with van der Waals surface area (Å²) in [7, 11) is 0. The number of hydrogen-bond donors (Lipinski definition) is 0. The van der Waals surface area contributed by atoms with Crippen LogP contribution >= 0.6 is 0 Å². The second-order valence-corrected chi connectivity index (χ2v) is 17.3. The third-order valence-corrected chi connectivity index (χ3v) is 11.9. The molecule has 0 bridgehead atoms. The zero-order valence-corrected chi connectivity index (χ0v) is 36.3. The normalized spacial score (nSPS) is 15.9. The van der Waals surface area contributed by atoms with Crippen molar-refractivity contribution >= 4 is 0 Å². The van der Waals surface area contributed by atoms with Crippen LogP contribution in [0.5, 0.6) is 0 Å². The first-order valence-corrected chi connectivity index (χ1v) is 24.8. The molecule has 0 radical (unpaired) electrons.